The van der Waals surface area contributed by atoms with Crippen molar-refractivity contribution in [3.63, 3.8) is 0 Å². The van der Waals surface area contributed by atoms with Crippen LogP contribution in [0.5, 0.6) is 0 Å². The normalized spacial score (nSPS) is 18.8. The molecule has 0 aromatic heterocycles. The first kappa shape index (κ1) is 16.2. The molecule has 1 aliphatic carbocycles. The molecule has 1 rings (SSSR count). The maximum absolute atomic E-state index is 11.6. The summed E-state index contributed by atoms with van der Waals surface area (Å²) in [6.45, 7) is 7.85. The number of rotatable bonds is 8. The molecule has 1 fully saturated rings. The molecule has 5 nitrogen and oxygen atoms in total. The topological polar surface area (TPSA) is 70.6 Å². The Morgan fingerprint density at radius 1 is 1.37 bits per heavy atom. The molecule has 0 saturated heterocycles. The van der Waals surface area contributed by atoms with Crippen LogP contribution in [-0.4, -0.2) is 42.5 Å². The zero-order valence-electron chi connectivity index (χ0n) is 12.4. The van der Waals surface area contributed by atoms with E-state index in [-0.39, 0.29) is 12.1 Å². The molecule has 0 aromatic carbocycles. The maximum atomic E-state index is 11.6. The smallest absolute Gasteiger partial charge is 0.314 e. The molecular weight excluding hydrogens is 244 g/mol. The van der Waals surface area contributed by atoms with Gasteiger partial charge in [0.2, 0.25) is 0 Å². The SMILES string of the molecule is CCOC(CCNC(=O)NCC1(O)CCC1)C(C)C. The average Bonchev–Trinajstić information content (AvgIpc) is 2.32. The van der Waals surface area contributed by atoms with Crippen molar-refractivity contribution in [1.82, 2.24) is 10.6 Å². The Morgan fingerprint density at radius 2 is 2.05 bits per heavy atom. The lowest BCUT2D eigenvalue weighted by Crippen LogP contribution is -2.50. The monoisotopic (exact) mass is 272 g/mol. The van der Waals surface area contributed by atoms with Gasteiger partial charge in [0, 0.05) is 19.7 Å². The van der Waals surface area contributed by atoms with Gasteiger partial charge in [-0.25, -0.2) is 4.79 Å². The minimum Gasteiger partial charge on any atom is -0.388 e. The zero-order valence-corrected chi connectivity index (χ0v) is 12.4. The summed E-state index contributed by atoms with van der Waals surface area (Å²) in [7, 11) is 0. The molecule has 5 heteroatoms. The fourth-order valence-electron chi connectivity index (χ4n) is 2.22. The van der Waals surface area contributed by atoms with Crippen molar-refractivity contribution in [2.75, 3.05) is 19.7 Å². The number of amides is 2. The van der Waals surface area contributed by atoms with Gasteiger partial charge in [0.25, 0.3) is 0 Å². The second kappa shape index (κ2) is 7.70. The van der Waals surface area contributed by atoms with Crippen LogP contribution in [0.2, 0.25) is 0 Å². The van der Waals surface area contributed by atoms with Crippen LogP contribution < -0.4 is 10.6 Å². The van der Waals surface area contributed by atoms with Gasteiger partial charge in [-0.2, -0.15) is 0 Å². The lowest BCUT2D eigenvalue weighted by molar-refractivity contribution is -0.0290. The predicted molar refractivity (Wildman–Crippen MR) is 75.1 cm³/mol. The number of urea groups is 1. The maximum Gasteiger partial charge on any atom is 0.314 e. The van der Waals surface area contributed by atoms with Crippen molar-refractivity contribution in [1.29, 1.82) is 0 Å². The quantitative estimate of drug-likeness (QED) is 0.629. The molecule has 1 atom stereocenters. The second-order valence-corrected chi connectivity index (χ2v) is 5.71. The summed E-state index contributed by atoms with van der Waals surface area (Å²) in [4.78, 5) is 11.6. The highest BCUT2D eigenvalue weighted by Gasteiger charge is 2.34. The molecule has 0 spiro atoms. The summed E-state index contributed by atoms with van der Waals surface area (Å²) < 4.78 is 5.61. The highest BCUT2D eigenvalue weighted by atomic mass is 16.5. The molecule has 112 valence electrons. The van der Waals surface area contributed by atoms with E-state index in [1.54, 1.807) is 0 Å². The van der Waals surface area contributed by atoms with Gasteiger partial charge >= 0.3 is 6.03 Å². The second-order valence-electron chi connectivity index (χ2n) is 5.71. The van der Waals surface area contributed by atoms with Crippen LogP contribution in [0.4, 0.5) is 4.79 Å². The molecule has 0 aliphatic heterocycles. The van der Waals surface area contributed by atoms with Gasteiger partial charge in [0.1, 0.15) is 0 Å². The third-order valence-corrected chi connectivity index (χ3v) is 3.70. The summed E-state index contributed by atoms with van der Waals surface area (Å²) in [6, 6.07) is -0.209. The summed E-state index contributed by atoms with van der Waals surface area (Å²) in [5.41, 5.74) is -0.664. The van der Waals surface area contributed by atoms with Gasteiger partial charge < -0.3 is 20.5 Å². The third kappa shape index (κ3) is 5.78. The molecule has 0 heterocycles. The molecule has 19 heavy (non-hydrogen) atoms. The van der Waals surface area contributed by atoms with E-state index >= 15 is 0 Å². The van der Waals surface area contributed by atoms with E-state index in [0.29, 0.717) is 25.6 Å². The first-order chi connectivity index (χ1) is 8.97. The minimum absolute atomic E-state index is 0.182. The van der Waals surface area contributed by atoms with Gasteiger partial charge in [-0.1, -0.05) is 13.8 Å². The van der Waals surface area contributed by atoms with Crippen molar-refractivity contribution in [3.05, 3.63) is 0 Å². The van der Waals surface area contributed by atoms with E-state index in [9.17, 15) is 9.90 Å². The van der Waals surface area contributed by atoms with E-state index < -0.39 is 5.60 Å². The standard InChI is InChI=1S/C14H28N2O3/c1-4-19-12(11(2)3)6-9-15-13(17)16-10-14(18)7-5-8-14/h11-12,18H,4-10H2,1-3H3,(H2,15,16,17). The number of carbonyl (C=O) groups excluding carboxylic acids is 1. The predicted octanol–water partition coefficient (Wildman–Crippen LogP) is 1.65. The Labute approximate surface area is 116 Å². The van der Waals surface area contributed by atoms with E-state index in [1.807, 2.05) is 6.92 Å². The molecular formula is C14H28N2O3. The van der Waals surface area contributed by atoms with E-state index in [2.05, 4.69) is 24.5 Å². The Kier molecular flexibility index (Phi) is 6.58. The van der Waals surface area contributed by atoms with Gasteiger partial charge in [0.05, 0.1) is 11.7 Å². The van der Waals surface area contributed by atoms with E-state index in [1.165, 1.54) is 0 Å². The molecule has 0 aromatic rings. The minimum atomic E-state index is -0.664. The molecule has 0 radical (unpaired) electrons. The third-order valence-electron chi connectivity index (χ3n) is 3.70. The number of carbonyl (C=O) groups is 1. The van der Waals surface area contributed by atoms with Crippen LogP contribution in [0.1, 0.15) is 46.5 Å². The summed E-state index contributed by atoms with van der Waals surface area (Å²) in [5, 5.41) is 15.4. The summed E-state index contributed by atoms with van der Waals surface area (Å²) >= 11 is 0. The van der Waals surface area contributed by atoms with Gasteiger partial charge in [0.15, 0.2) is 0 Å². The van der Waals surface area contributed by atoms with Crippen LogP contribution in [0.25, 0.3) is 0 Å². The summed E-state index contributed by atoms with van der Waals surface area (Å²) in [5.74, 6) is 0.445. The van der Waals surface area contributed by atoms with Crippen molar-refractivity contribution < 1.29 is 14.6 Å². The molecule has 0 bridgehead atoms. The van der Waals surface area contributed by atoms with Crippen molar-refractivity contribution in [3.8, 4) is 0 Å². The van der Waals surface area contributed by atoms with Gasteiger partial charge in [-0.3, -0.25) is 0 Å². The highest BCUT2D eigenvalue weighted by molar-refractivity contribution is 5.73. The molecule has 2 amide bonds. The Hall–Kier alpha value is -0.810. The van der Waals surface area contributed by atoms with Gasteiger partial charge in [-0.15, -0.1) is 0 Å². The Morgan fingerprint density at radius 3 is 2.53 bits per heavy atom. The van der Waals surface area contributed by atoms with E-state index in [4.69, 9.17) is 4.74 Å². The van der Waals surface area contributed by atoms with Gasteiger partial charge in [-0.05, 0) is 38.5 Å². The van der Waals surface area contributed by atoms with Crippen molar-refractivity contribution in [2.45, 2.75) is 58.2 Å². The van der Waals surface area contributed by atoms with E-state index in [0.717, 1.165) is 25.7 Å². The number of nitrogens with one attached hydrogen (secondary N) is 2. The summed E-state index contributed by atoms with van der Waals surface area (Å²) in [6.07, 6.45) is 3.61. The first-order valence-corrected chi connectivity index (χ1v) is 7.32. The highest BCUT2D eigenvalue weighted by Crippen LogP contribution is 2.30. The Balaban J connectivity index is 2.11. The molecule has 1 saturated carbocycles. The first-order valence-electron chi connectivity index (χ1n) is 7.32. The molecule has 1 unspecified atom stereocenters. The lowest BCUT2D eigenvalue weighted by atomic mass is 9.80. The van der Waals surface area contributed by atoms with Crippen LogP contribution >= 0.6 is 0 Å². The molecule has 1 aliphatic rings. The Bertz CT molecular complexity index is 278. The average molecular weight is 272 g/mol. The number of ether oxygens (including phenoxy) is 1. The molecule has 3 N–H and O–H groups in total. The number of hydrogen-bond donors (Lipinski definition) is 3. The number of hydrogen-bond acceptors (Lipinski definition) is 3. The van der Waals surface area contributed by atoms with Crippen LogP contribution in [0.3, 0.4) is 0 Å². The lowest BCUT2D eigenvalue weighted by Gasteiger charge is -2.36. The fourth-order valence-corrected chi connectivity index (χ4v) is 2.22. The van der Waals surface area contributed by atoms with Crippen LogP contribution in [0, 0.1) is 5.92 Å². The van der Waals surface area contributed by atoms with Crippen LogP contribution in [-0.2, 0) is 4.74 Å². The number of aliphatic hydroxyl groups is 1. The zero-order chi connectivity index (χ0) is 14.3. The van der Waals surface area contributed by atoms with Crippen LogP contribution in [0.15, 0.2) is 0 Å². The van der Waals surface area contributed by atoms with Crippen molar-refractivity contribution >= 4 is 6.03 Å². The fraction of sp³-hybridized carbons (Fsp3) is 0.929. The van der Waals surface area contributed by atoms with Crippen molar-refractivity contribution in [2.24, 2.45) is 5.92 Å². The largest absolute Gasteiger partial charge is 0.388 e.